The first-order valence-corrected chi connectivity index (χ1v) is 16.9. The minimum atomic E-state index is -3.79. The van der Waals surface area contributed by atoms with Crippen LogP contribution in [0.4, 0.5) is 0 Å². The van der Waals surface area contributed by atoms with E-state index in [4.69, 9.17) is 21.1 Å². The molecular formula is C35H38ClN3O6S. The Morgan fingerprint density at radius 3 is 1.98 bits per heavy atom. The van der Waals surface area contributed by atoms with E-state index in [0.29, 0.717) is 28.5 Å². The molecule has 2 amide bonds. The molecule has 0 aliphatic heterocycles. The molecule has 46 heavy (non-hydrogen) atoms. The standard InChI is InChI=1S/C35H38ClN3O6S/c1-44-31-19-16-26(22-32(31)45-2)20-21-37-35(41)34(29-12-8-5-9-13-29)39(24-28-14-17-30(36)18-15-28)33(40)25-38(46(3,42)43)23-27-10-6-4-7-11-27/h4-19,22,34H,20-21,23-25H2,1-3H3,(H,37,41)/t34-/m1/s1. The highest BCUT2D eigenvalue weighted by atomic mass is 35.5. The van der Waals surface area contributed by atoms with Crippen LogP contribution in [0.1, 0.15) is 28.3 Å². The number of carbonyl (C=O) groups excluding carboxylic acids is 2. The van der Waals surface area contributed by atoms with Crippen LogP contribution in [0, 0.1) is 0 Å². The molecule has 11 heteroatoms. The number of hydrogen-bond donors (Lipinski definition) is 1. The fourth-order valence-electron chi connectivity index (χ4n) is 5.00. The number of ether oxygens (including phenoxy) is 2. The smallest absolute Gasteiger partial charge is 0.247 e. The molecule has 0 saturated carbocycles. The quantitative estimate of drug-likeness (QED) is 0.186. The van der Waals surface area contributed by atoms with Gasteiger partial charge in [-0.1, -0.05) is 90.5 Å². The van der Waals surface area contributed by atoms with Gasteiger partial charge in [-0.15, -0.1) is 0 Å². The van der Waals surface area contributed by atoms with Crippen LogP contribution in [0.25, 0.3) is 0 Å². The molecule has 0 aliphatic rings. The van der Waals surface area contributed by atoms with Gasteiger partial charge >= 0.3 is 0 Å². The fraction of sp³-hybridized carbons (Fsp3) is 0.257. The van der Waals surface area contributed by atoms with Gasteiger partial charge in [0.2, 0.25) is 21.8 Å². The SMILES string of the molecule is COc1ccc(CCNC(=O)[C@@H](c2ccccc2)N(Cc2ccc(Cl)cc2)C(=O)CN(Cc2ccccc2)S(C)(=O)=O)cc1OC. The van der Waals surface area contributed by atoms with Gasteiger partial charge < -0.3 is 19.7 Å². The van der Waals surface area contributed by atoms with Crippen molar-refractivity contribution in [3.05, 3.63) is 130 Å². The van der Waals surface area contributed by atoms with Crippen molar-refractivity contribution in [3.63, 3.8) is 0 Å². The van der Waals surface area contributed by atoms with E-state index >= 15 is 0 Å². The molecule has 0 bridgehead atoms. The lowest BCUT2D eigenvalue weighted by Gasteiger charge is -2.33. The number of methoxy groups -OCH3 is 2. The van der Waals surface area contributed by atoms with Gasteiger partial charge in [-0.05, 0) is 52.9 Å². The molecule has 242 valence electrons. The summed E-state index contributed by atoms with van der Waals surface area (Å²) in [7, 11) is -0.662. The first kappa shape index (κ1) is 34.5. The largest absolute Gasteiger partial charge is 0.493 e. The summed E-state index contributed by atoms with van der Waals surface area (Å²) in [5.41, 5.74) is 2.97. The van der Waals surface area contributed by atoms with Gasteiger partial charge in [0.15, 0.2) is 11.5 Å². The van der Waals surface area contributed by atoms with Crippen LogP contribution in [0.2, 0.25) is 5.02 Å². The second kappa shape index (κ2) is 16.3. The van der Waals surface area contributed by atoms with E-state index in [-0.39, 0.29) is 19.6 Å². The maximum atomic E-state index is 14.2. The van der Waals surface area contributed by atoms with Gasteiger partial charge in [-0.25, -0.2) is 8.42 Å². The minimum Gasteiger partial charge on any atom is -0.493 e. The van der Waals surface area contributed by atoms with Crippen LogP contribution in [0.5, 0.6) is 11.5 Å². The number of halogens is 1. The molecule has 4 aromatic rings. The van der Waals surface area contributed by atoms with Gasteiger partial charge in [-0.3, -0.25) is 9.59 Å². The van der Waals surface area contributed by atoms with Crippen LogP contribution in [0.15, 0.2) is 103 Å². The lowest BCUT2D eigenvalue weighted by molar-refractivity contribution is -0.141. The number of hydrogen-bond acceptors (Lipinski definition) is 6. The normalized spacial score (nSPS) is 11.9. The van der Waals surface area contributed by atoms with E-state index in [0.717, 1.165) is 27.3 Å². The van der Waals surface area contributed by atoms with Gasteiger partial charge in [0, 0.05) is 24.7 Å². The Labute approximate surface area is 275 Å². The highest BCUT2D eigenvalue weighted by molar-refractivity contribution is 7.88. The Bertz CT molecular complexity index is 1700. The average molecular weight is 664 g/mol. The summed E-state index contributed by atoms with van der Waals surface area (Å²) in [6.45, 7) is -0.122. The van der Waals surface area contributed by atoms with Gasteiger partial charge in [-0.2, -0.15) is 4.31 Å². The Kier molecular flexibility index (Phi) is 12.2. The zero-order valence-corrected chi connectivity index (χ0v) is 27.6. The number of nitrogens with zero attached hydrogens (tertiary/aromatic N) is 2. The molecule has 0 radical (unpaired) electrons. The maximum absolute atomic E-state index is 14.2. The Balaban J connectivity index is 1.64. The summed E-state index contributed by atoms with van der Waals surface area (Å²) in [6, 6.07) is 29.5. The van der Waals surface area contributed by atoms with Crippen LogP contribution in [0.3, 0.4) is 0 Å². The van der Waals surface area contributed by atoms with Gasteiger partial charge in [0.05, 0.1) is 27.0 Å². The van der Waals surface area contributed by atoms with E-state index in [2.05, 4.69) is 5.32 Å². The molecule has 0 saturated heterocycles. The van der Waals surface area contributed by atoms with Crippen molar-refractivity contribution in [2.75, 3.05) is 33.6 Å². The summed E-state index contributed by atoms with van der Waals surface area (Å²) in [4.78, 5) is 29.6. The third-order valence-electron chi connectivity index (χ3n) is 7.41. The first-order valence-electron chi connectivity index (χ1n) is 14.7. The number of amides is 2. The predicted octanol–water partition coefficient (Wildman–Crippen LogP) is 5.25. The van der Waals surface area contributed by atoms with Gasteiger partial charge in [0.1, 0.15) is 6.04 Å². The molecule has 1 atom stereocenters. The number of rotatable bonds is 15. The molecule has 0 heterocycles. The van der Waals surface area contributed by atoms with Gasteiger partial charge in [0.25, 0.3) is 0 Å². The van der Waals surface area contributed by atoms with Crippen molar-refractivity contribution in [3.8, 4) is 11.5 Å². The van der Waals surface area contributed by atoms with Crippen LogP contribution in [-0.2, 0) is 39.1 Å². The average Bonchev–Trinajstić information content (AvgIpc) is 3.05. The molecule has 0 spiro atoms. The zero-order chi connectivity index (χ0) is 33.1. The number of nitrogens with one attached hydrogen (secondary N) is 1. The number of sulfonamides is 1. The summed E-state index contributed by atoms with van der Waals surface area (Å²) in [5, 5.41) is 3.52. The van der Waals surface area contributed by atoms with E-state index in [9.17, 15) is 18.0 Å². The molecule has 0 aromatic heterocycles. The fourth-order valence-corrected chi connectivity index (χ4v) is 5.85. The second-order valence-corrected chi connectivity index (χ2v) is 13.1. The lowest BCUT2D eigenvalue weighted by Crippen LogP contribution is -2.48. The summed E-state index contributed by atoms with van der Waals surface area (Å²) in [6.07, 6.45) is 1.57. The molecule has 0 aliphatic carbocycles. The zero-order valence-electron chi connectivity index (χ0n) is 26.1. The molecule has 0 fully saturated rings. The van der Waals surface area contributed by atoms with Crippen LogP contribution >= 0.6 is 11.6 Å². The molecule has 9 nitrogen and oxygen atoms in total. The van der Waals surface area contributed by atoms with Crippen molar-refractivity contribution in [1.82, 2.24) is 14.5 Å². The number of carbonyl (C=O) groups is 2. The monoisotopic (exact) mass is 663 g/mol. The third-order valence-corrected chi connectivity index (χ3v) is 8.85. The molecule has 1 N–H and O–H groups in total. The van der Waals surface area contributed by atoms with E-state index in [1.165, 1.54) is 4.90 Å². The lowest BCUT2D eigenvalue weighted by atomic mass is 10.0. The Morgan fingerprint density at radius 1 is 0.783 bits per heavy atom. The highest BCUT2D eigenvalue weighted by Gasteiger charge is 2.33. The van der Waals surface area contributed by atoms with Crippen molar-refractivity contribution in [2.24, 2.45) is 0 Å². The first-order chi connectivity index (χ1) is 22.1. The Morgan fingerprint density at radius 2 is 1.37 bits per heavy atom. The molecule has 4 aromatic carbocycles. The van der Waals surface area contributed by atoms with Crippen LogP contribution in [-0.4, -0.2) is 63.0 Å². The van der Waals surface area contributed by atoms with E-state index in [1.807, 2.05) is 36.4 Å². The third kappa shape index (κ3) is 9.56. The van der Waals surface area contributed by atoms with Crippen LogP contribution < -0.4 is 14.8 Å². The van der Waals surface area contributed by atoms with E-state index in [1.54, 1.807) is 80.9 Å². The Hall–Kier alpha value is -4.38. The molecule has 0 unspecified atom stereocenters. The minimum absolute atomic E-state index is 0.00766. The molecular weight excluding hydrogens is 626 g/mol. The summed E-state index contributed by atoms with van der Waals surface area (Å²) in [5.74, 6) is 0.258. The van der Waals surface area contributed by atoms with Crippen molar-refractivity contribution in [1.29, 1.82) is 0 Å². The topological polar surface area (TPSA) is 105 Å². The second-order valence-electron chi connectivity index (χ2n) is 10.7. The van der Waals surface area contributed by atoms with Crippen molar-refractivity contribution < 1.29 is 27.5 Å². The van der Waals surface area contributed by atoms with E-state index < -0.39 is 34.4 Å². The summed E-state index contributed by atoms with van der Waals surface area (Å²) >= 11 is 6.13. The summed E-state index contributed by atoms with van der Waals surface area (Å²) < 4.78 is 37.6. The van der Waals surface area contributed by atoms with Crippen molar-refractivity contribution in [2.45, 2.75) is 25.6 Å². The molecule has 4 rings (SSSR count). The predicted molar refractivity (Wildman–Crippen MR) is 179 cm³/mol. The van der Waals surface area contributed by atoms with Crippen molar-refractivity contribution >= 4 is 33.4 Å². The highest BCUT2D eigenvalue weighted by Crippen LogP contribution is 2.28. The number of benzene rings is 4. The maximum Gasteiger partial charge on any atom is 0.247 e.